The molecule has 2 aromatic rings. The highest BCUT2D eigenvalue weighted by molar-refractivity contribution is 5.74. The summed E-state index contributed by atoms with van der Waals surface area (Å²) in [5, 5.41) is 0. The van der Waals surface area contributed by atoms with Crippen molar-refractivity contribution in [2.75, 3.05) is 0 Å². The Labute approximate surface area is 282 Å². The van der Waals surface area contributed by atoms with Crippen LogP contribution in [0.4, 0.5) is 0 Å². The van der Waals surface area contributed by atoms with Crippen molar-refractivity contribution in [3.8, 4) is 22.6 Å². The largest absolute Gasteiger partial charge is 0.427 e. The molecule has 0 amide bonds. The lowest BCUT2D eigenvalue weighted by molar-refractivity contribution is -0.135. The number of benzene rings is 2. The van der Waals surface area contributed by atoms with Crippen LogP contribution in [0.3, 0.4) is 0 Å². The van der Waals surface area contributed by atoms with Crippen LogP contribution < -0.4 is 9.47 Å². The second-order valence-corrected chi connectivity index (χ2v) is 13.3. The first kappa shape index (κ1) is 39.6. The highest BCUT2D eigenvalue weighted by Crippen LogP contribution is 2.25. The van der Waals surface area contributed by atoms with Gasteiger partial charge in [-0.1, -0.05) is 179 Å². The molecule has 0 fully saturated rings. The van der Waals surface area contributed by atoms with Gasteiger partial charge < -0.3 is 9.47 Å². The number of hydrogen-bond donors (Lipinski definition) is 0. The van der Waals surface area contributed by atoms with E-state index in [2.05, 4.69) is 13.8 Å². The molecule has 0 unspecified atom stereocenters. The van der Waals surface area contributed by atoms with E-state index < -0.39 is 0 Å². The number of unbranched alkanes of at least 4 members (excludes halogenated alkanes) is 22. The first-order valence-corrected chi connectivity index (χ1v) is 19.2. The molecule has 0 spiro atoms. The van der Waals surface area contributed by atoms with Gasteiger partial charge in [0.1, 0.15) is 11.5 Å². The van der Waals surface area contributed by atoms with Crippen LogP contribution in [0, 0.1) is 0 Å². The third-order valence-electron chi connectivity index (χ3n) is 8.97. The minimum atomic E-state index is -0.158. The van der Waals surface area contributed by atoms with E-state index in [-0.39, 0.29) is 11.9 Å². The first-order chi connectivity index (χ1) is 22.6. The van der Waals surface area contributed by atoms with Crippen LogP contribution in [0.1, 0.15) is 181 Å². The van der Waals surface area contributed by atoms with Gasteiger partial charge in [-0.2, -0.15) is 0 Å². The second-order valence-electron chi connectivity index (χ2n) is 13.3. The molecule has 0 N–H and O–H groups in total. The van der Waals surface area contributed by atoms with Crippen LogP contribution >= 0.6 is 0 Å². The van der Waals surface area contributed by atoms with Gasteiger partial charge in [-0.15, -0.1) is 0 Å². The van der Waals surface area contributed by atoms with Crippen molar-refractivity contribution in [2.45, 2.75) is 181 Å². The summed E-state index contributed by atoms with van der Waals surface area (Å²) in [5.74, 6) is 0.844. The highest BCUT2D eigenvalue weighted by Gasteiger charge is 2.08. The third-order valence-corrected chi connectivity index (χ3v) is 8.97. The van der Waals surface area contributed by atoms with Crippen molar-refractivity contribution in [1.29, 1.82) is 0 Å². The molecule has 0 aromatic heterocycles. The van der Waals surface area contributed by atoms with Crippen molar-refractivity contribution in [1.82, 2.24) is 0 Å². The Kier molecular flexibility index (Phi) is 23.6. The quantitative estimate of drug-likeness (QED) is 0.0507. The average molecular weight is 635 g/mol. The normalized spacial score (nSPS) is 11.1. The van der Waals surface area contributed by atoms with Crippen molar-refractivity contribution in [3.05, 3.63) is 48.5 Å². The summed E-state index contributed by atoms with van der Waals surface area (Å²) < 4.78 is 11.1. The van der Waals surface area contributed by atoms with Gasteiger partial charge in [0, 0.05) is 12.8 Å². The topological polar surface area (TPSA) is 52.6 Å². The SMILES string of the molecule is CCCCCCCCCCCCCCC(=O)Oc1ccc(-c2ccc(OC(=O)CCCCCCCCCCCCCC)cc2)cc1. The molecule has 0 saturated carbocycles. The van der Waals surface area contributed by atoms with E-state index in [0.717, 1.165) is 36.8 Å². The van der Waals surface area contributed by atoms with Gasteiger partial charge in [0.2, 0.25) is 0 Å². The number of rotatable bonds is 29. The number of ether oxygens (including phenoxy) is 2. The summed E-state index contributed by atoms with van der Waals surface area (Å²) >= 11 is 0. The zero-order valence-corrected chi connectivity index (χ0v) is 29.6. The number of hydrogen-bond acceptors (Lipinski definition) is 4. The van der Waals surface area contributed by atoms with Crippen LogP contribution in [-0.2, 0) is 9.59 Å². The molecule has 0 bridgehead atoms. The highest BCUT2D eigenvalue weighted by atomic mass is 16.5. The predicted molar refractivity (Wildman–Crippen MR) is 195 cm³/mol. The Hall–Kier alpha value is -2.62. The summed E-state index contributed by atoms with van der Waals surface area (Å²) in [6, 6.07) is 15.2. The van der Waals surface area contributed by atoms with Gasteiger partial charge in [-0.25, -0.2) is 0 Å². The summed E-state index contributed by atoms with van der Waals surface area (Å²) in [6.07, 6.45) is 31.7. The Morgan fingerprint density at radius 1 is 0.370 bits per heavy atom. The van der Waals surface area contributed by atoms with E-state index in [0.29, 0.717) is 24.3 Å². The van der Waals surface area contributed by atoms with Crippen molar-refractivity contribution >= 4 is 11.9 Å². The summed E-state index contributed by atoms with van der Waals surface area (Å²) in [5.41, 5.74) is 2.05. The van der Waals surface area contributed by atoms with E-state index >= 15 is 0 Å². The molecule has 2 aromatic carbocycles. The van der Waals surface area contributed by atoms with Gasteiger partial charge >= 0.3 is 11.9 Å². The fraction of sp³-hybridized carbons (Fsp3) is 0.667. The van der Waals surface area contributed by atoms with E-state index in [9.17, 15) is 9.59 Å². The van der Waals surface area contributed by atoms with Gasteiger partial charge in [-0.3, -0.25) is 9.59 Å². The van der Waals surface area contributed by atoms with Crippen LogP contribution in [0.15, 0.2) is 48.5 Å². The summed E-state index contributed by atoms with van der Waals surface area (Å²) in [6.45, 7) is 4.53. The van der Waals surface area contributed by atoms with Crippen LogP contribution in [0.25, 0.3) is 11.1 Å². The molecule has 0 aliphatic rings. The zero-order chi connectivity index (χ0) is 32.9. The van der Waals surface area contributed by atoms with E-state index in [1.807, 2.05) is 48.5 Å². The summed E-state index contributed by atoms with van der Waals surface area (Å²) in [7, 11) is 0. The minimum absolute atomic E-state index is 0.158. The standard InChI is InChI=1S/C42H66O4/c1-3-5-7-9-11-13-15-17-19-21-23-25-27-41(43)45-39-33-29-37(30-34-39)38-31-35-40(36-32-38)46-42(44)28-26-24-22-20-18-16-14-12-10-8-6-4-2/h29-36H,3-28H2,1-2H3. The Balaban J connectivity index is 1.52. The first-order valence-electron chi connectivity index (χ1n) is 19.2. The maximum absolute atomic E-state index is 12.3. The molecule has 0 heterocycles. The number of carbonyl (C=O) groups is 2. The second kappa shape index (κ2) is 27.5. The van der Waals surface area contributed by atoms with Crippen molar-refractivity contribution in [3.63, 3.8) is 0 Å². The molecule has 0 saturated heterocycles. The maximum Gasteiger partial charge on any atom is 0.311 e. The fourth-order valence-electron chi connectivity index (χ4n) is 6.02. The van der Waals surface area contributed by atoms with E-state index in [1.54, 1.807) is 0 Å². The Morgan fingerprint density at radius 2 is 0.609 bits per heavy atom. The monoisotopic (exact) mass is 634 g/mol. The predicted octanol–water partition coefficient (Wildman–Crippen LogP) is 13.3. The lowest BCUT2D eigenvalue weighted by Crippen LogP contribution is -2.07. The molecule has 2 rings (SSSR count). The fourth-order valence-corrected chi connectivity index (χ4v) is 6.02. The molecule has 0 aliphatic heterocycles. The lowest BCUT2D eigenvalue weighted by Gasteiger charge is -2.08. The van der Waals surface area contributed by atoms with Crippen LogP contribution in [-0.4, -0.2) is 11.9 Å². The van der Waals surface area contributed by atoms with E-state index in [4.69, 9.17) is 9.47 Å². The molecule has 0 radical (unpaired) electrons. The van der Waals surface area contributed by atoms with Crippen LogP contribution in [0.5, 0.6) is 11.5 Å². The number of esters is 2. The molecule has 4 heteroatoms. The molecular formula is C42H66O4. The van der Waals surface area contributed by atoms with E-state index in [1.165, 1.54) is 128 Å². The van der Waals surface area contributed by atoms with Gasteiger partial charge in [0.15, 0.2) is 0 Å². The molecule has 0 atom stereocenters. The molecule has 4 nitrogen and oxygen atoms in total. The Morgan fingerprint density at radius 3 is 0.870 bits per heavy atom. The molecule has 0 aliphatic carbocycles. The lowest BCUT2D eigenvalue weighted by atomic mass is 10.0. The Bertz CT molecular complexity index is 927. The van der Waals surface area contributed by atoms with Gasteiger partial charge in [0.25, 0.3) is 0 Å². The smallest absolute Gasteiger partial charge is 0.311 e. The van der Waals surface area contributed by atoms with Crippen LogP contribution in [0.2, 0.25) is 0 Å². The van der Waals surface area contributed by atoms with Crippen molar-refractivity contribution in [2.24, 2.45) is 0 Å². The third kappa shape index (κ3) is 20.5. The molecule has 46 heavy (non-hydrogen) atoms. The molecule has 258 valence electrons. The number of carbonyl (C=O) groups excluding carboxylic acids is 2. The average Bonchev–Trinajstić information content (AvgIpc) is 3.06. The van der Waals surface area contributed by atoms with Crippen molar-refractivity contribution < 1.29 is 19.1 Å². The maximum atomic E-state index is 12.3. The molecular weight excluding hydrogens is 568 g/mol. The van der Waals surface area contributed by atoms with Gasteiger partial charge in [0.05, 0.1) is 0 Å². The minimum Gasteiger partial charge on any atom is -0.427 e. The zero-order valence-electron chi connectivity index (χ0n) is 29.6. The summed E-state index contributed by atoms with van der Waals surface area (Å²) in [4.78, 5) is 24.6. The van der Waals surface area contributed by atoms with Gasteiger partial charge in [-0.05, 0) is 48.2 Å².